The minimum Gasteiger partial charge on any atom is -0.497 e. The van der Waals surface area contributed by atoms with Gasteiger partial charge in [0.15, 0.2) is 0 Å². The summed E-state index contributed by atoms with van der Waals surface area (Å²) < 4.78 is 49.2. The maximum Gasteiger partial charge on any atom is 0.416 e. The highest BCUT2D eigenvalue weighted by atomic mass is 19.4. The number of rotatable bonds is 4. The lowest BCUT2D eigenvalue weighted by atomic mass is 10.1. The van der Waals surface area contributed by atoms with E-state index in [1.165, 1.54) is 19.2 Å². The third-order valence-electron chi connectivity index (χ3n) is 2.90. The fourth-order valence-electron chi connectivity index (χ4n) is 1.84. The average Bonchev–Trinajstić information content (AvgIpc) is 2.47. The Morgan fingerprint density at radius 2 is 1.52 bits per heavy atom. The van der Waals surface area contributed by atoms with Gasteiger partial charge in [0, 0.05) is 6.54 Å². The van der Waals surface area contributed by atoms with E-state index < -0.39 is 11.7 Å². The summed E-state index contributed by atoms with van der Waals surface area (Å²) in [5.41, 5.74) is 4.58. The quantitative estimate of drug-likeness (QED) is 0.929. The predicted molar refractivity (Wildman–Crippen MR) is 72.4 cm³/mol. The molecule has 2 aromatic rings. The summed E-state index contributed by atoms with van der Waals surface area (Å²) in [4.78, 5) is 0. The molecule has 0 saturated carbocycles. The first-order chi connectivity index (χ1) is 9.94. The van der Waals surface area contributed by atoms with Crippen molar-refractivity contribution in [2.75, 3.05) is 7.11 Å². The van der Waals surface area contributed by atoms with Gasteiger partial charge in [0.1, 0.15) is 17.2 Å². The normalized spacial score (nSPS) is 11.3. The van der Waals surface area contributed by atoms with Crippen LogP contribution in [-0.2, 0) is 12.7 Å². The van der Waals surface area contributed by atoms with E-state index in [0.29, 0.717) is 11.5 Å². The zero-order chi connectivity index (χ0) is 15.5. The Balaban J connectivity index is 2.27. The van der Waals surface area contributed by atoms with Crippen molar-refractivity contribution < 1.29 is 22.6 Å². The molecular formula is C15H14F3NO2. The first-order valence-electron chi connectivity index (χ1n) is 6.16. The molecule has 6 heteroatoms. The van der Waals surface area contributed by atoms with Crippen molar-refractivity contribution in [1.82, 2.24) is 0 Å². The van der Waals surface area contributed by atoms with Crippen LogP contribution in [0.15, 0.2) is 42.5 Å². The van der Waals surface area contributed by atoms with Crippen molar-refractivity contribution in [3.63, 3.8) is 0 Å². The summed E-state index contributed by atoms with van der Waals surface area (Å²) in [6.07, 6.45) is -4.46. The van der Waals surface area contributed by atoms with Crippen LogP contribution < -0.4 is 15.2 Å². The highest BCUT2D eigenvalue weighted by Crippen LogP contribution is 2.35. The molecule has 0 heterocycles. The molecule has 2 aromatic carbocycles. The number of benzene rings is 2. The summed E-state index contributed by atoms with van der Waals surface area (Å²) in [6.45, 7) is -0.183. The maximum atomic E-state index is 12.9. The Labute approximate surface area is 120 Å². The van der Waals surface area contributed by atoms with Gasteiger partial charge >= 0.3 is 6.18 Å². The zero-order valence-electron chi connectivity index (χ0n) is 11.3. The molecule has 0 amide bonds. The van der Waals surface area contributed by atoms with E-state index in [2.05, 4.69) is 0 Å². The van der Waals surface area contributed by atoms with Crippen LogP contribution in [0.3, 0.4) is 0 Å². The molecule has 0 aromatic heterocycles. The molecule has 0 aliphatic heterocycles. The van der Waals surface area contributed by atoms with Crippen LogP contribution in [0.2, 0.25) is 0 Å². The number of hydrogen-bond acceptors (Lipinski definition) is 3. The number of alkyl halides is 3. The third kappa shape index (κ3) is 3.66. The Morgan fingerprint density at radius 1 is 0.952 bits per heavy atom. The van der Waals surface area contributed by atoms with Gasteiger partial charge in [0.25, 0.3) is 0 Å². The van der Waals surface area contributed by atoms with E-state index in [9.17, 15) is 13.2 Å². The second-order valence-electron chi connectivity index (χ2n) is 4.30. The predicted octanol–water partition coefficient (Wildman–Crippen LogP) is 3.97. The van der Waals surface area contributed by atoms with Crippen molar-refractivity contribution >= 4 is 0 Å². The largest absolute Gasteiger partial charge is 0.497 e. The lowest BCUT2D eigenvalue weighted by Gasteiger charge is -2.14. The summed E-state index contributed by atoms with van der Waals surface area (Å²) in [5, 5.41) is 0. The van der Waals surface area contributed by atoms with E-state index in [0.717, 1.165) is 6.07 Å². The van der Waals surface area contributed by atoms with Gasteiger partial charge in [-0.1, -0.05) is 6.07 Å². The van der Waals surface area contributed by atoms with E-state index in [1.54, 1.807) is 24.3 Å². The number of ether oxygens (including phenoxy) is 2. The van der Waals surface area contributed by atoms with E-state index >= 15 is 0 Å². The zero-order valence-corrected chi connectivity index (χ0v) is 11.3. The molecule has 0 unspecified atom stereocenters. The molecule has 2 rings (SSSR count). The molecule has 2 N–H and O–H groups in total. The fourth-order valence-corrected chi connectivity index (χ4v) is 1.84. The first-order valence-corrected chi connectivity index (χ1v) is 6.16. The summed E-state index contributed by atoms with van der Waals surface area (Å²) in [7, 11) is 1.52. The van der Waals surface area contributed by atoms with Crippen LogP contribution in [0, 0.1) is 0 Å². The molecule has 0 aliphatic carbocycles. The van der Waals surface area contributed by atoms with Crippen LogP contribution in [0.1, 0.15) is 11.1 Å². The van der Waals surface area contributed by atoms with Crippen LogP contribution >= 0.6 is 0 Å². The summed E-state index contributed by atoms with van der Waals surface area (Å²) >= 11 is 0. The number of hydrogen-bond donors (Lipinski definition) is 1. The highest BCUT2D eigenvalue weighted by Gasteiger charge is 2.33. The number of methoxy groups -OCH3 is 1. The molecule has 0 radical (unpaired) electrons. The molecule has 0 saturated heterocycles. The van der Waals surface area contributed by atoms with Crippen LogP contribution in [0.4, 0.5) is 13.2 Å². The molecule has 3 nitrogen and oxygen atoms in total. The van der Waals surface area contributed by atoms with E-state index in [-0.39, 0.29) is 17.9 Å². The van der Waals surface area contributed by atoms with Gasteiger partial charge in [-0.25, -0.2) is 0 Å². The molecule has 0 atom stereocenters. The lowest BCUT2D eigenvalue weighted by molar-refractivity contribution is -0.138. The minimum absolute atomic E-state index is 0.0320. The molecule has 0 fully saturated rings. The Morgan fingerprint density at radius 3 is 2.05 bits per heavy atom. The van der Waals surface area contributed by atoms with Gasteiger partial charge in [-0.2, -0.15) is 13.2 Å². The van der Waals surface area contributed by atoms with Gasteiger partial charge < -0.3 is 15.2 Å². The molecule has 0 spiro atoms. The van der Waals surface area contributed by atoms with Crippen LogP contribution in [-0.4, -0.2) is 7.11 Å². The fraction of sp³-hybridized carbons (Fsp3) is 0.200. The Kier molecular flexibility index (Phi) is 4.37. The topological polar surface area (TPSA) is 44.5 Å². The first kappa shape index (κ1) is 15.2. The lowest BCUT2D eigenvalue weighted by Crippen LogP contribution is -2.11. The SMILES string of the molecule is COc1ccc(Oc2ccc(CN)c(C(F)(F)F)c2)cc1. The molecule has 0 aliphatic rings. The second kappa shape index (κ2) is 6.05. The molecule has 112 valence electrons. The summed E-state index contributed by atoms with van der Waals surface area (Å²) in [6, 6.07) is 10.3. The average molecular weight is 297 g/mol. The third-order valence-corrected chi connectivity index (χ3v) is 2.90. The van der Waals surface area contributed by atoms with Crippen molar-refractivity contribution in [3.05, 3.63) is 53.6 Å². The smallest absolute Gasteiger partial charge is 0.416 e. The maximum absolute atomic E-state index is 12.9. The molecule has 0 bridgehead atoms. The van der Waals surface area contributed by atoms with Gasteiger partial charge in [-0.05, 0) is 42.0 Å². The van der Waals surface area contributed by atoms with Gasteiger partial charge in [-0.15, -0.1) is 0 Å². The van der Waals surface area contributed by atoms with Crippen molar-refractivity contribution in [3.8, 4) is 17.2 Å². The van der Waals surface area contributed by atoms with Crippen molar-refractivity contribution in [1.29, 1.82) is 0 Å². The summed E-state index contributed by atoms with van der Waals surface area (Å²) in [5.74, 6) is 1.16. The van der Waals surface area contributed by atoms with Crippen molar-refractivity contribution in [2.24, 2.45) is 5.73 Å². The van der Waals surface area contributed by atoms with E-state index in [4.69, 9.17) is 15.2 Å². The minimum atomic E-state index is -4.46. The van der Waals surface area contributed by atoms with Crippen LogP contribution in [0.5, 0.6) is 17.2 Å². The van der Waals surface area contributed by atoms with Gasteiger partial charge in [-0.3, -0.25) is 0 Å². The standard InChI is InChI=1S/C15H14F3NO2/c1-20-11-4-6-12(7-5-11)21-13-3-2-10(9-19)14(8-13)15(16,17)18/h2-8H,9,19H2,1H3. The van der Waals surface area contributed by atoms with Gasteiger partial charge in [0.05, 0.1) is 12.7 Å². The number of nitrogens with two attached hydrogens (primary N) is 1. The van der Waals surface area contributed by atoms with Crippen LogP contribution in [0.25, 0.3) is 0 Å². The highest BCUT2D eigenvalue weighted by molar-refractivity contribution is 5.41. The molecule has 21 heavy (non-hydrogen) atoms. The number of halogens is 3. The van der Waals surface area contributed by atoms with Gasteiger partial charge in [0.2, 0.25) is 0 Å². The van der Waals surface area contributed by atoms with Crippen molar-refractivity contribution in [2.45, 2.75) is 12.7 Å². The Hall–Kier alpha value is -2.21. The molecular weight excluding hydrogens is 283 g/mol. The second-order valence-corrected chi connectivity index (χ2v) is 4.30. The Bertz CT molecular complexity index is 609. The monoisotopic (exact) mass is 297 g/mol. The van der Waals surface area contributed by atoms with E-state index in [1.807, 2.05) is 0 Å².